The number of hydrogen-bond donors (Lipinski definition) is 5. The average molecular weight is 593 g/mol. The normalized spacial score (nSPS) is 17.7. The van der Waals surface area contributed by atoms with Gasteiger partial charge in [0.2, 0.25) is 5.91 Å². The van der Waals surface area contributed by atoms with Gasteiger partial charge < -0.3 is 27.0 Å². The van der Waals surface area contributed by atoms with Crippen LogP contribution in [0.25, 0.3) is 0 Å². The molecule has 0 bridgehead atoms. The Bertz CT molecular complexity index is 874. The van der Waals surface area contributed by atoms with Gasteiger partial charge in [-0.3, -0.25) is 4.79 Å². The van der Waals surface area contributed by atoms with Crippen molar-refractivity contribution in [3.63, 3.8) is 0 Å². The van der Waals surface area contributed by atoms with Crippen LogP contribution in [-0.2, 0) is 20.9 Å². The van der Waals surface area contributed by atoms with Gasteiger partial charge >= 0.3 is 24.3 Å². The van der Waals surface area contributed by atoms with Crippen LogP contribution in [0.2, 0.25) is 0 Å². The van der Waals surface area contributed by atoms with Crippen molar-refractivity contribution in [2.75, 3.05) is 5.73 Å². The van der Waals surface area contributed by atoms with Crippen molar-refractivity contribution < 1.29 is 50.9 Å². The molecule has 9 nitrogen and oxygen atoms in total. The minimum absolute atomic E-state index is 0.00637. The Kier molecular flexibility index (Phi) is 14.0. The number of aliphatic carboxylic acids is 2. The number of carbonyl (C=O) groups is 3. The maximum atomic E-state index is 12.8. The topological polar surface area (TPSA) is 169 Å². The van der Waals surface area contributed by atoms with E-state index in [0.29, 0.717) is 29.4 Å². The number of carbonyl (C=O) groups excluding carboxylic acids is 1. The second kappa shape index (κ2) is 15.8. The van der Waals surface area contributed by atoms with E-state index in [1.807, 2.05) is 0 Å². The molecule has 39 heavy (non-hydrogen) atoms. The summed E-state index contributed by atoms with van der Waals surface area (Å²) in [6, 6.07) is -0.392. The highest BCUT2D eigenvalue weighted by Crippen LogP contribution is 2.41. The zero-order valence-electron chi connectivity index (χ0n) is 21.1. The standard InChI is InChI=1S/C19H32N4OS.2C2HF3O2/c20-17(18(24)22-11-15-12-23-19(21)25-15)16(13-7-3-1-4-8-13)14-9-5-2-6-10-14;2*3-2(4,5)1(6)7/h12-14,16-17H,1-11,20H2,(H2,21,23)(H,22,24);2*(H,6,7)/t17-;;/m1../s1. The summed E-state index contributed by atoms with van der Waals surface area (Å²) < 4.78 is 63.5. The van der Waals surface area contributed by atoms with Crippen LogP contribution in [0.4, 0.5) is 31.5 Å². The first-order valence-corrected chi connectivity index (χ1v) is 13.2. The summed E-state index contributed by atoms with van der Waals surface area (Å²) in [6.07, 6.45) is 4.38. The Labute approximate surface area is 225 Å². The minimum Gasteiger partial charge on any atom is -0.475 e. The molecule has 2 aliphatic rings. The van der Waals surface area contributed by atoms with E-state index in [9.17, 15) is 31.1 Å². The van der Waals surface area contributed by atoms with E-state index in [2.05, 4.69) is 10.3 Å². The summed E-state index contributed by atoms with van der Waals surface area (Å²) in [5, 5.41) is 17.8. The van der Waals surface area contributed by atoms with Gasteiger partial charge in [-0.1, -0.05) is 64.2 Å². The fourth-order valence-corrected chi connectivity index (χ4v) is 5.50. The lowest BCUT2D eigenvalue weighted by Crippen LogP contribution is -2.50. The van der Waals surface area contributed by atoms with Crippen molar-refractivity contribution in [3.8, 4) is 0 Å². The molecular weight excluding hydrogens is 558 g/mol. The predicted octanol–water partition coefficient (Wildman–Crippen LogP) is 4.71. The van der Waals surface area contributed by atoms with Crippen LogP contribution in [-0.4, -0.2) is 51.4 Å². The third kappa shape index (κ3) is 12.9. The molecular formula is C23H34F6N4O5S. The van der Waals surface area contributed by atoms with E-state index in [4.69, 9.17) is 31.3 Å². The summed E-state index contributed by atoms with van der Waals surface area (Å²) in [5.41, 5.74) is 12.2. The van der Waals surface area contributed by atoms with Gasteiger partial charge in [0, 0.05) is 11.1 Å². The Hall–Kier alpha value is -2.62. The molecule has 1 aromatic heterocycles. The molecule has 1 aromatic rings. The highest BCUT2D eigenvalue weighted by molar-refractivity contribution is 7.15. The van der Waals surface area contributed by atoms with E-state index in [1.165, 1.54) is 75.5 Å². The maximum Gasteiger partial charge on any atom is 0.490 e. The number of hydrogen-bond acceptors (Lipinski definition) is 7. The molecule has 2 aliphatic carbocycles. The first-order chi connectivity index (χ1) is 18.0. The monoisotopic (exact) mass is 592 g/mol. The van der Waals surface area contributed by atoms with Gasteiger partial charge in [0.25, 0.3) is 0 Å². The molecule has 0 unspecified atom stereocenters. The quantitative estimate of drug-likeness (QED) is 0.296. The number of nitrogen functional groups attached to an aromatic ring is 1. The molecule has 0 aromatic carbocycles. The number of carboxylic acid groups (broad SMARTS) is 2. The van der Waals surface area contributed by atoms with Crippen LogP contribution >= 0.6 is 11.3 Å². The summed E-state index contributed by atoms with van der Waals surface area (Å²) in [4.78, 5) is 35.6. The first kappa shape index (κ1) is 34.4. The largest absolute Gasteiger partial charge is 0.490 e. The van der Waals surface area contributed by atoms with Gasteiger partial charge in [0.05, 0.1) is 12.6 Å². The lowest BCUT2D eigenvalue weighted by Gasteiger charge is -2.40. The summed E-state index contributed by atoms with van der Waals surface area (Å²) in [6.45, 7) is 0.476. The number of nitrogens with zero attached hydrogens (tertiary/aromatic N) is 1. The van der Waals surface area contributed by atoms with Crippen molar-refractivity contribution in [2.24, 2.45) is 23.5 Å². The second-order valence-electron chi connectivity index (χ2n) is 9.39. The lowest BCUT2D eigenvalue weighted by molar-refractivity contribution is -0.193. The van der Waals surface area contributed by atoms with Crippen LogP contribution in [0.1, 0.15) is 69.1 Å². The molecule has 0 saturated heterocycles. The molecule has 7 N–H and O–H groups in total. The lowest BCUT2D eigenvalue weighted by atomic mass is 9.66. The van der Waals surface area contributed by atoms with Gasteiger partial charge in [0.1, 0.15) is 0 Å². The van der Waals surface area contributed by atoms with Crippen LogP contribution in [0, 0.1) is 17.8 Å². The Morgan fingerprint density at radius 2 is 1.28 bits per heavy atom. The van der Waals surface area contributed by atoms with Gasteiger partial charge in [-0.2, -0.15) is 26.3 Å². The predicted molar refractivity (Wildman–Crippen MR) is 130 cm³/mol. The summed E-state index contributed by atoms with van der Waals surface area (Å²) in [7, 11) is 0. The van der Waals surface area contributed by atoms with Crippen LogP contribution < -0.4 is 16.8 Å². The Morgan fingerprint density at radius 1 is 0.897 bits per heavy atom. The third-order valence-electron chi connectivity index (χ3n) is 6.60. The Balaban J connectivity index is 0.000000449. The van der Waals surface area contributed by atoms with E-state index in [1.54, 1.807) is 6.20 Å². The number of thiazole rings is 1. The van der Waals surface area contributed by atoms with Crippen LogP contribution in [0.5, 0.6) is 0 Å². The molecule has 16 heteroatoms. The van der Waals surface area contributed by atoms with Crippen molar-refractivity contribution in [1.29, 1.82) is 0 Å². The molecule has 224 valence electrons. The molecule has 1 heterocycles. The van der Waals surface area contributed by atoms with Crippen molar-refractivity contribution in [1.82, 2.24) is 10.3 Å². The zero-order chi connectivity index (χ0) is 29.8. The van der Waals surface area contributed by atoms with E-state index >= 15 is 0 Å². The van der Waals surface area contributed by atoms with Gasteiger partial charge in [0.15, 0.2) is 5.13 Å². The average Bonchev–Trinajstić information content (AvgIpc) is 3.28. The maximum absolute atomic E-state index is 12.8. The fourth-order valence-electron chi connectivity index (χ4n) is 4.88. The molecule has 2 fully saturated rings. The Morgan fingerprint density at radius 3 is 1.59 bits per heavy atom. The molecule has 2 saturated carbocycles. The summed E-state index contributed by atoms with van der Waals surface area (Å²) >= 11 is 1.42. The van der Waals surface area contributed by atoms with Crippen molar-refractivity contribution in [3.05, 3.63) is 11.1 Å². The molecule has 0 radical (unpaired) electrons. The highest BCUT2D eigenvalue weighted by atomic mass is 32.1. The number of carboxylic acids is 2. The smallest absolute Gasteiger partial charge is 0.475 e. The van der Waals surface area contributed by atoms with E-state index in [-0.39, 0.29) is 5.91 Å². The number of nitrogens with two attached hydrogens (primary N) is 2. The highest BCUT2D eigenvalue weighted by Gasteiger charge is 2.39. The van der Waals surface area contributed by atoms with Crippen molar-refractivity contribution >= 4 is 34.3 Å². The number of aromatic nitrogens is 1. The SMILES string of the molecule is Nc1ncc(CNC(=O)[C@H](N)C(C2CCCCC2)C2CCCCC2)s1.O=C(O)C(F)(F)F.O=C(O)C(F)(F)F. The second-order valence-corrected chi connectivity index (χ2v) is 10.5. The molecule has 3 rings (SSSR count). The number of alkyl halides is 6. The number of rotatable bonds is 6. The van der Waals surface area contributed by atoms with E-state index < -0.39 is 30.3 Å². The number of amides is 1. The molecule has 0 spiro atoms. The zero-order valence-corrected chi connectivity index (χ0v) is 21.9. The van der Waals surface area contributed by atoms with Gasteiger partial charge in [-0.25, -0.2) is 14.6 Å². The molecule has 1 atom stereocenters. The number of nitrogens with one attached hydrogen (secondary N) is 1. The third-order valence-corrected chi connectivity index (χ3v) is 7.43. The summed E-state index contributed by atoms with van der Waals surface area (Å²) in [5.74, 6) is -3.94. The fraction of sp³-hybridized carbons (Fsp3) is 0.739. The van der Waals surface area contributed by atoms with Gasteiger partial charge in [-0.15, -0.1) is 11.3 Å². The van der Waals surface area contributed by atoms with Crippen LogP contribution in [0.15, 0.2) is 6.20 Å². The van der Waals surface area contributed by atoms with Crippen LogP contribution in [0.3, 0.4) is 0 Å². The van der Waals surface area contributed by atoms with Crippen molar-refractivity contribution in [2.45, 2.75) is 89.1 Å². The first-order valence-electron chi connectivity index (χ1n) is 12.4. The molecule has 0 aliphatic heterocycles. The molecule has 1 amide bonds. The van der Waals surface area contributed by atoms with Gasteiger partial charge in [-0.05, 0) is 17.8 Å². The number of halogens is 6. The number of anilines is 1. The van der Waals surface area contributed by atoms with E-state index in [0.717, 1.165) is 4.88 Å². The minimum atomic E-state index is -5.08.